The monoisotopic (exact) mass is 278 g/mol. The molecular formula is C16H22O4. The molecule has 0 radical (unpaired) electrons. The fourth-order valence-electron chi connectivity index (χ4n) is 2.03. The van der Waals surface area contributed by atoms with Gasteiger partial charge in [0, 0.05) is 6.42 Å². The normalized spacial score (nSPS) is 10.4. The van der Waals surface area contributed by atoms with Gasteiger partial charge in [-0.25, -0.2) is 4.79 Å². The summed E-state index contributed by atoms with van der Waals surface area (Å²) in [5, 5.41) is 9.24. The quantitative estimate of drug-likeness (QED) is 0.488. The van der Waals surface area contributed by atoms with E-state index >= 15 is 0 Å². The second kappa shape index (κ2) is 7.08. The maximum absolute atomic E-state index is 11.8. The molecule has 110 valence electrons. The number of hydrogen-bond donors (Lipinski definition) is 1. The molecule has 1 N–H and O–H groups in total. The van der Waals surface area contributed by atoms with Crippen LogP contribution in [0.15, 0.2) is 6.07 Å². The van der Waals surface area contributed by atoms with Crippen molar-refractivity contribution in [3.8, 4) is 5.75 Å². The van der Waals surface area contributed by atoms with Crippen LogP contribution < -0.4 is 4.74 Å². The van der Waals surface area contributed by atoms with Crippen molar-refractivity contribution in [2.45, 2.75) is 53.4 Å². The highest BCUT2D eigenvalue weighted by Crippen LogP contribution is 2.29. The van der Waals surface area contributed by atoms with E-state index < -0.39 is 5.97 Å². The summed E-state index contributed by atoms with van der Waals surface area (Å²) in [4.78, 5) is 23.1. The topological polar surface area (TPSA) is 63.6 Å². The van der Waals surface area contributed by atoms with E-state index in [0.717, 1.165) is 30.4 Å². The second-order valence-electron chi connectivity index (χ2n) is 5.06. The van der Waals surface area contributed by atoms with Gasteiger partial charge in [0.15, 0.2) is 0 Å². The largest absolute Gasteiger partial charge is 0.478 e. The number of benzene rings is 1. The number of ether oxygens (including phenoxy) is 1. The van der Waals surface area contributed by atoms with Crippen LogP contribution in [0.5, 0.6) is 5.75 Å². The van der Waals surface area contributed by atoms with Crippen LogP contribution in [0.4, 0.5) is 0 Å². The van der Waals surface area contributed by atoms with Crippen LogP contribution in [-0.2, 0) is 4.79 Å². The third-order valence-corrected chi connectivity index (χ3v) is 3.53. The van der Waals surface area contributed by atoms with Crippen LogP contribution in [0.25, 0.3) is 0 Å². The lowest BCUT2D eigenvalue weighted by Crippen LogP contribution is -2.13. The molecule has 1 aromatic carbocycles. The molecule has 4 heteroatoms. The Morgan fingerprint density at radius 2 is 1.80 bits per heavy atom. The number of aryl methyl sites for hydroxylation is 1. The number of unbranched alkanes of at least 4 members (excludes halogenated alkanes) is 2. The van der Waals surface area contributed by atoms with E-state index in [-0.39, 0.29) is 17.3 Å². The maximum atomic E-state index is 11.8. The average Bonchev–Trinajstić information content (AvgIpc) is 2.39. The van der Waals surface area contributed by atoms with Gasteiger partial charge in [0.25, 0.3) is 0 Å². The van der Waals surface area contributed by atoms with Gasteiger partial charge in [-0.2, -0.15) is 0 Å². The summed E-state index contributed by atoms with van der Waals surface area (Å²) in [6, 6.07) is 1.55. The van der Waals surface area contributed by atoms with Crippen molar-refractivity contribution >= 4 is 11.9 Å². The molecule has 1 rings (SSSR count). The molecule has 4 nitrogen and oxygen atoms in total. The van der Waals surface area contributed by atoms with Crippen molar-refractivity contribution in [1.29, 1.82) is 0 Å². The standard InChI is InChI=1S/C16H22O4/c1-5-6-7-8-14(17)20-15-12(4)11(3)10(2)9-13(15)16(18)19/h9H,5-8H2,1-4H3,(H,18,19). The maximum Gasteiger partial charge on any atom is 0.339 e. The second-order valence-corrected chi connectivity index (χ2v) is 5.06. The van der Waals surface area contributed by atoms with Crippen molar-refractivity contribution in [3.63, 3.8) is 0 Å². The molecular weight excluding hydrogens is 256 g/mol. The minimum absolute atomic E-state index is 0.0504. The predicted octanol–water partition coefficient (Wildman–Crippen LogP) is 3.80. The number of carboxylic acids is 1. The zero-order chi connectivity index (χ0) is 15.3. The van der Waals surface area contributed by atoms with E-state index in [2.05, 4.69) is 6.92 Å². The molecule has 0 atom stereocenters. The molecule has 0 unspecified atom stereocenters. The third kappa shape index (κ3) is 3.83. The van der Waals surface area contributed by atoms with Gasteiger partial charge in [-0.15, -0.1) is 0 Å². The summed E-state index contributed by atoms with van der Waals surface area (Å²) in [5.74, 6) is -1.26. The Balaban J connectivity index is 3.01. The molecule has 0 spiro atoms. The van der Waals surface area contributed by atoms with E-state index in [0.29, 0.717) is 12.0 Å². The number of hydrogen-bond acceptors (Lipinski definition) is 3. The van der Waals surface area contributed by atoms with Gasteiger partial charge >= 0.3 is 11.9 Å². The van der Waals surface area contributed by atoms with Gasteiger partial charge < -0.3 is 9.84 Å². The van der Waals surface area contributed by atoms with E-state index in [1.807, 2.05) is 13.8 Å². The molecule has 20 heavy (non-hydrogen) atoms. The number of aromatic carboxylic acids is 1. The lowest BCUT2D eigenvalue weighted by Gasteiger charge is -2.14. The summed E-state index contributed by atoms with van der Waals surface area (Å²) in [5.41, 5.74) is 2.60. The minimum atomic E-state index is -1.08. The van der Waals surface area contributed by atoms with Gasteiger partial charge in [0.1, 0.15) is 11.3 Å². The first-order valence-electron chi connectivity index (χ1n) is 6.93. The fraction of sp³-hybridized carbons (Fsp3) is 0.500. The van der Waals surface area contributed by atoms with E-state index in [4.69, 9.17) is 4.74 Å². The molecule has 0 fully saturated rings. The van der Waals surface area contributed by atoms with E-state index in [1.54, 1.807) is 13.0 Å². The Morgan fingerprint density at radius 1 is 1.15 bits per heavy atom. The molecule has 0 aliphatic rings. The van der Waals surface area contributed by atoms with Crippen LogP contribution in [-0.4, -0.2) is 17.0 Å². The Morgan fingerprint density at radius 3 is 2.35 bits per heavy atom. The van der Waals surface area contributed by atoms with Gasteiger partial charge in [0.05, 0.1) is 0 Å². The SMILES string of the molecule is CCCCCC(=O)Oc1c(C(=O)O)cc(C)c(C)c1C. The van der Waals surface area contributed by atoms with Crippen LogP contribution in [0, 0.1) is 20.8 Å². The lowest BCUT2D eigenvalue weighted by atomic mass is 9.99. The Bertz CT molecular complexity index is 518. The van der Waals surface area contributed by atoms with E-state index in [9.17, 15) is 14.7 Å². The van der Waals surface area contributed by atoms with Gasteiger partial charge in [-0.3, -0.25) is 4.79 Å². The predicted molar refractivity (Wildman–Crippen MR) is 77.4 cm³/mol. The zero-order valence-electron chi connectivity index (χ0n) is 12.6. The summed E-state index contributed by atoms with van der Waals surface area (Å²) in [7, 11) is 0. The minimum Gasteiger partial charge on any atom is -0.478 e. The number of carbonyl (C=O) groups excluding carboxylic acids is 1. The highest BCUT2D eigenvalue weighted by molar-refractivity contribution is 5.93. The zero-order valence-corrected chi connectivity index (χ0v) is 12.6. The van der Waals surface area contributed by atoms with Gasteiger partial charge in [0.2, 0.25) is 0 Å². The Labute approximate surface area is 119 Å². The van der Waals surface area contributed by atoms with Gasteiger partial charge in [-0.1, -0.05) is 19.8 Å². The number of esters is 1. The highest BCUT2D eigenvalue weighted by Gasteiger charge is 2.19. The smallest absolute Gasteiger partial charge is 0.339 e. The van der Waals surface area contributed by atoms with Crippen molar-refractivity contribution < 1.29 is 19.4 Å². The molecule has 0 saturated carbocycles. The average molecular weight is 278 g/mol. The highest BCUT2D eigenvalue weighted by atomic mass is 16.5. The van der Waals surface area contributed by atoms with Gasteiger partial charge in [-0.05, 0) is 49.9 Å². The number of carboxylic acid groups (broad SMARTS) is 1. The van der Waals surface area contributed by atoms with Crippen LogP contribution >= 0.6 is 0 Å². The molecule has 0 aromatic heterocycles. The summed E-state index contributed by atoms with van der Waals surface area (Å²) in [6.07, 6.45) is 3.07. The molecule has 0 heterocycles. The lowest BCUT2D eigenvalue weighted by molar-refractivity contribution is -0.134. The summed E-state index contributed by atoms with van der Waals surface area (Å²) < 4.78 is 5.30. The number of carbonyl (C=O) groups is 2. The van der Waals surface area contributed by atoms with Crippen molar-refractivity contribution in [3.05, 3.63) is 28.3 Å². The Hall–Kier alpha value is -1.84. The molecule has 0 saturated heterocycles. The van der Waals surface area contributed by atoms with Crippen molar-refractivity contribution in [1.82, 2.24) is 0 Å². The first-order chi connectivity index (χ1) is 9.38. The van der Waals surface area contributed by atoms with Crippen molar-refractivity contribution in [2.75, 3.05) is 0 Å². The van der Waals surface area contributed by atoms with Crippen molar-refractivity contribution in [2.24, 2.45) is 0 Å². The molecule has 0 aliphatic carbocycles. The third-order valence-electron chi connectivity index (χ3n) is 3.53. The van der Waals surface area contributed by atoms with E-state index in [1.165, 1.54) is 0 Å². The summed E-state index contributed by atoms with van der Waals surface area (Å²) >= 11 is 0. The Kier molecular flexibility index (Phi) is 5.74. The van der Waals surface area contributed by atoms with Crippen LogP contribution in [0.3, 0.4) is 0 Å². The first kappa shape index (κ1) is 16.2. The summed E-state index contributed by atoms with van der Waals surface area (Å²) in [6.45, 7) is 7.58. The molecule has 0 amide bonds. The van der Waals surface area contributed by atoms with Crippen LogP contribution in [0.2, 0.25) is 0 Å². The first-order valence-corrected chi connectivity index (χ1v) is 6.93. The molecule has 0 bridgehead atoms. The van der Waals surface area contributed by atoms with Crippen LogP contribution in [0.1, 0.15) is 59.7 Å². The fourth-order valence-corrected chi connectivity index (χ4v) is 2.03. The molecule has 1 aromatic rings. The molecule has 0 aliphatic heterocycles. The number of rotatable bonds is 6.